The number of hydrogen-bond acceptors (Lipinski definition) is 3. The van der Waals surface area contributed by atoms with E-state index in [1.807, 2.05) is 18.2 Å². The highest BCUT2D eigenvalue weighted by Gasteiger charge is 2.25. The van der Waals surface area contributed by atoms with Gasteiger partial charge in [0.1, 0.15) is 17.8 Å². The highest BCUT2D eigenvalue weighted by atomic mass is 16.5. The molecule has 13 heavy (non-hydrogen) atoms. The third kappa shape index (κ3) is 0.758. The molecule has 0 radical (unpaired) electrons. The normalized spacial score (nSPS) is 14.6. The van der Waals surface area contributed by atoms with E-state index in [0.29, 0.717) is 17.8 Å². The molecule has 0 saturated heterocycles. The Morgan fingerprint density at radius 1 is 1.23 bits per heavy atom. The predicted molar refractivity (Wildman–Crippen MR) is 45.3 cm³/mol. The second kappa shape index (κ2) is 2.13. The Labute approximate surface area is 73.9 Å². The van der Waals surface area contributed by atoms with Gasteiger partial charge in [0, 0.05) is 10.9 Å². The minimum absolute atomic E-state index is 0.282. The van der Waals surface area contributed by atoms with Crippen molar-refractivity contribution in [3.05, 3.63) is 35.6 Å². The van der Waals surface area contributed by atoms with E-state index in [9.17, 15) is 4.79 Å². The highest BCUT2D eigenvalue weighted by molar-refractivity contribution is 6.04. The maximum Gasteiger partial charge on any atom is 0.342 e. The lowest BCUT2D eigenvalue weighted by Gasteiger charge is -1.93. The average Bonchev–Trinajstić information content (AvgIpc) is 2.70. The molecule has 3 heteroatoms. The molecule has 0 saturated carbocycles. The van der Waals surface area contributed by atoms with Gasteiger partial charge in [0.15, 0.2) is 0 Å². The van der Waals surface area contributed by atoms with E-state index in [2.05, 4.69) is 0 Å². The van der Waals surface area contributed by atoms with Gasteiger partial charge >= 0.3 is 5.97 Å². The molecule has 0 unspecified atom stereocenters. The van der Waals surface area contributed by atoms with Crippen molar-refractivity contribution in [3.8, 4) is 0 Å². The summed E-state index contributed by atoms with van der Waals surface area (Å²) in [6.45, 7) is 0.366. The Morgan fingerprint density at radius 3 is 3.08 bits per heavy atom. The number of carbonyl (C=O) groups is 1. The molecule has 0 amide bonds. The van der Waals surface area contributed by atoms with Crippen LogP contribution in [-0.2, 0) is 11.3 Å². The molecule has 0 atom stereocenters. The summed E-state index contributed by atoms with van der Waals surface area (Å²) in [4.78, 5) is 11.3. The SMILES string of the molecule is O=C1OCc2ccc3ccoc3c21. The fourth-order valence-electron chi connectivity index (χ4n) is 1.63. The zero-order valence-corrected chi connectivity index (χ0v) is 6.74. The minimum Gasteiger partial charge on any atom is -0.463 e. The van der Waals surface area contributed by atoms with Crippen LogP contribution in [0.3, 0.4) is 0 Å². The molecule has 64 valence electrons. The standard InChI is InChI=1S/C10H6O3/c11-10-8-7(5-13-10)2-1-6-3-4-12-9(6)8/h1-4H,5H2. The maximum atomic E-state index is 11.3. The number of carbonyl (C=O) groups excluding carboxylic acids is 1. The first-order valence-electron chi connectivity index (χ1n) is 4.02. The van der Waals surface area contributed by atoms with Crippen molar-refractivity contribution in [3.63, 3.8) is 0 Å². The average molecular weight is 174 g/mol. The Hall–Kier alpha value is -1.77. The number of benzene rings is 1. The van der Waals surface area contributed by atoms with Gasteiger partial charge in [0.2, 0.25) is 0 Å². The largest absolute Gasteiger partial charge is 0.463 e. The van der Waals surface area contributed by atoms with E-state index in [4.69, 9.17) is 9.15 Å². The van der Waals surface area contributed by atoms with Gasteiger partial charge in [-0.3, -0.25) is 0 Å². The van der Waals surface area contributed by atoms with E-state index in [0.717, 1.165) is 10.9 Å². The van der Waals surface area contributed by atoms with Crippen LogP contribution in [0, 0.1) is 0 Å². The fourth-order valence-corrected chi connectivity index (χ4v) is 1.63. The summed E-state index contributed by atoms with van der Waals surface area (Å²) in [7, 11) is 0. The van der Waals surface area contributed by atoms with E-state index in [1.54, 1.807) is 6.26 Å². The first-order chi connectivity index (χ1) is 6.36. The molecular formula is C10H6O3. The zero-order valence-electron chi connectivity index (χ0n) is 6.74. The molecule has 2 heterocycles. The van der Waals surface area contributed by atoms with Gasteiger partial charge in [-0.1, -0.05) is 12.1 Å². The first-order valence-corrected chi connectivity index (χ1v) is 4.02. The van der Waals surface area contributed by atoms with Crippen molar-refractivity contribution in [1.29, 1.82) is 0 Å². The maximum absolute atomic E-state index is 11.3. The lowest BCUT2D eigenvalue weighted by molar-refractivity contribution is 0.0535. The van der Waals surface area contributed by atoms with Crippen molar-refractivity contribution in [2.75, 3.05) is 0 Å². The molecule has 0 aliphatic carbocycles. The van der Waals surface area contributed by atoms with E-state index < -0.39 is 0 Å². The summed E-state index contributed by atoms with van der Waals surface area (Å²) in [5, 5.41) is 0.942. The van der Waals surface area contributed by atoms with Crippen molar-refractivity contribution >= 4 is 16.9 Å². The lowest BCUT2D eigenvalue weighted by atomic mass is 10.1. The number of furan rings is 1. The van der Waals surface area contributed by atoms with Crippen LogP contribution < -0.4 is 0 Å². The van der Waals surface area contributed by atoms with E-state index in [-0.39, 0.29) is 5.97 Å². The van der Waals surface area contributed by atoms with Crippen molar-refractivity contribution < 1.29 is 13.9 Å². The Morgan fingerprint density at radius 2 is 2.15 bits per heavy atom. The number of ether oxygens (including phenoxy) is 1. The second-order valence-corrected chi connectivity index (χ2v) is 3.01. The number of fused-ring (bicyclic) bond motifs is 3. The molecule has 0 spiro atoms. The molecule has 0 bridgehead atoms. The van der Waals surface area contributed by atoms with Gasteiger partial charge in [-0.15, -0.1) is 0 Å². The summed E-state index contributed by atoms with van der Waals surface area (Å²) >= 11 is 0. The Bertz CT molecular complexity index is 496. The number of cyclic esters (lactones) is 1. The summed E-state index contributed by atoms with van der Waals surface area (Å²) in [5.74, 6) is -0.282. The van der Waals surface area contributed by atoms with Crippen molar-refractivity contribution in [1.82, 2.24) is 0 Å². The van der Waals surface area contributed by atoms with Crippen molar-refractivity contribution in [2.45, 2.75) is 6.61 Å². The van der Waals surface area contributed by atoms with Crippen LogP contribution in [-0.4, -0.2) is 5.97 Å². The topological polar surface area (TPSA) is 39.4 Å². The zero-order chi connectivity index (χ0) is 8.84. The summed E-state index contributed by atoms with van der Waals surface area (Å²) in [5.41, 5.74) is 2.13. The van der Waals surface area contributed by atoms with Gasteiger partial charge < -0.3 is 9.15 Å². The molecule has 1 aromatic heterocycles. The fraction of sp³-hybridized carbons (Fsp3) is 0.100. The summed E-state index contributed by atoms with van der Waals surface area (Å²) in [6.07, 6.45) is 1.58. The molecule has 1 aromatic carbocycles. The van der Waals surface area contributed by atoms with E-state index >= 15 is 0 Å². The molecule has 3 rings (SSSR count). The molecule has 2 aromatic rings. The molecule has 0 fully saturated rings. The van der Waals surface area contributed by atoms with Crippen LogP contribution in [0.5, 0.6) is 0 Å². The number of rotatable bonds is 0. The Balaban J connectivity index is 2.49. The summed E-state index contributed by atoms with van der Waals surface area (Å²) in [6, 6.07) is 5.67. The van der Waals surface area contributed by atoms with Gasteiger partial charge in [-0.25, -0.2) is 4.79 Å². The van der Waals surface area contributed by atoms with Crippen molar-refractivity contribution in [2.24, 2.45) is 0 Å². The van der Waals surface area contributed by atoms with E-state index in [1.165, 1.54) is 0 Å². The minimum atomic E-state index is -0.282. The van der Waals surface area contributed by atoms with Crippen LogP contribution in [0.1, 0.15) is 15.9 Å². The van der Waals surface area contributed by atoms with Crippen LogP contribution in [0.2, 0.25) is 0 Å². The molecular weight excluding hydrogens is 168 g/mol. The molecule has 0 N–H and O–H groups in total. The monoisotopic (exact) mass is 174 g/mol. The Kier molecular flexibility index (Phi) is 1.10. The molecule has 3 nitrogen and oxygen atoms in total. The van der Waals surface area contributed by atoms with Crippen LogP contribution in [0.4, 0.5) is 0 Å². The molecule has 1 aliphatic rings. The third-order valence-electron chi connectivity index (χ3n) is 2.27. The first kappa shape index (κ1) is 6.71. The predicted octanol–water partition coefficient (Wildman–Crippen LogP) is 2.10. The van der Waals surface area contributed by atoms with Gasteiger partial charge in [0.25, 0.3) is 0 Å². The summed E-state index contributed by atoms with van der Waals surface area (Å²) < 4.78 is 10.1. The second-order valence-electron chi connectivity index (χ2n) is 3.01. The van der Waals surface area contributed by atoms with Gasteiger partial charge in [0.05, 0.1) is 6.26 Å². The third-order valence-corrected chi connectivity index (χ3v) is 2.27. The van der Waals surface area contributed by atoms with Crippen LogP contribution in [0.25, 0.3) is 11.0 Å². The lowest BCUT2D eigenvalue weighted by Crippen LogP contribution is -1.93. The van der Waals surface area contributed by atoms with Gasteiger partial charge in [-0.2, -0.15) is 0 Å². The molecule has 1 aliphatic heterocycles. The number of hydrogen-bond donors (Lipinski definition) is 0. The number of esters is 1. The van der Waals surface area contributed by atoms with Gasteiger partial charge in [-0.05, 0) is 6.07 Å². The van der Waals surface area contributed by atoms with Crippen LogP contribution >= 0.6 is 0 Å². The smallest absolute Gasteiger partial charge is 0.342 e. The highest BCUT2D eigenvalue weighted by Crippen LogP contribution is 2.28. The quantitative estimate of drug-likeness (QED) is 0.574. The van der Waals surface area contributed by atoms with Crippen LogP contribution in [0.15, 0.2) is 28.9 Å².